The van der Waals surface area contributed by atoms with Gasteiger partial charge in [-0.05, 0) is 38.6 Å². The number of anilines is 1. The first-order valence-electron chi connectivity index (χ1n) is 11.9. The highest BCUT2D eigenvalue weighted by Crippen LogP contribution is 2.26. The lowest BCUT2D eigenvalue weighted by Crippen LogP contribution is -2.55. The zero-order chi connectivity index (χ0) is 22.7. The van der Waals surface area contributed by atoms with Crippen molar-refractivity contribution in [3.8, 4) is 5.69 Å². The Labute approximate surface area is 192 Å². The molecule has 2 fully saturated rings. The van der Waals surface area contributed by atoms with Crippen molar-refractivity contribution in [2.45, 2.75) is 45.1 Å². The number of nitrogens with one attached hydrogen (secondary N) is 1. The first-order valence-corrected chi connectivity index (χ1v) is 11.9. The molecule has 4 rings (SSSR count). The number of rotatable bonds is 5. The molecule has 1 atom stereocenters. The predicted octanol–water partition coefficient (Wildman–Crippen LogP) is 2.82. The maximum atomic E-state index is 12.9. The zero-order valence-electron chi connectivity index (χ0n) is 20.0. The Hall–Kier alpha value is -2.22. The van der Waals surface area contributed by atoms with Gasteiger partial charge in [0.1, 0.15) is 5.82 Å². The van der Waals surface area contributed by atoms with Crippen LogP contribution >= 0.6 is 0 Å². The number of likely N-dealkylation sites (N-methyl/N-ethyl adjacent to an activating group) is 1. The van der Waals surface area contributed by atoms with Gasteiger partial charge in [0.2, 0.25) is 5.91 Å². The molecule has 0 bridgehead atoms. The highest BCUT2D eigenvalue weighted by molar-refractivity contribution is 5.91. The molecule has 1 aromatic heterocycles. The summed E-state index contributed by atoms with van der Waals surface area (Å²) in [5.74, 6) is 0.753. The molecule has 0 aliphatic carbocycles. The van der Waals surface area contributed by atoms with E-state index in [0.29, 0.717) is 12.6 Å². The number of hydrogen-bond acceptors (Lipinski definition) is 5. The van der Waals surface area contributed by atoms with Crippen molar-refractivity contribution in [2.75, 3.05) is 58.2 Å². The Morgan fingerprint density at radius 2 is 1.81 bits per heavy atom. The van der Waals surface area contributed by atoms with E-state index in [-0.39, 0.29) is 11.3 Å². The van der Waals surface area contributed by atoms with Gasteiger partial charge in [-0.15, -0.1) is 0 Å². The van der Waals surface area contributed by atoms with E-state index in [1.807, 2.05) is 41.1 Å². The number of nitrogens with zero attached hydrogens (tertiary/aromatic N) is 5. The molecule has 0 radical (unpaired) electrons. The maximum absolute atomic E-state index is 12.9. The molecule has 2 aliphatic heterocycles. The fraction of sp³-hybridized carbons (Fsp3) is 0.600. The van der Waals surface area contributed by atoms with Gasteiger partial charge in [-0.3, -0.25) is 14.6 Å². The number of piperazine rings is 1. The summed E-state index contributed by atoms with van der Waals surface area (Å²) >= 11 is 0. The van der Waals surface area contributed by atoms with E-state index in [2.05, 4.69) is 47.8 Å². The quantitative estimate of drug-likeness (QED) is 0.778. The van der Waals surface area contributed by atoms with Crippen LogP contribution < -0.4 is 5.32 Å². The summed E-state index contributed by atoms with van der Waals surface area (Å²) in [4.78, 5) is 20.3. The first-order chi connectivity index (χ1) is 15.3. The second kappa shape index (κ2) is 9.73. The molecule has 2 aromatic rings. The molecular weight excluding hydrogens is 400 g/mol. The van der Waals surface area contributed by atoms with E-state index in [1.165, 1.54) is 25.9 Å². The first kappa shape index (κ1) is 23.0. The second-order valence-corrected chi connectivity index (χ2v) is 10.3. The molecule has 7 nitrogen and oxygen atoms in total. The monoisotopic (exact) mass is 438 g/mol. The molecule has 174 valence electrons. The average Bonchev–Trinajstić information content (AvgIpc) is 3.19. The van der Waals surface area contributed by atoms with Gasteiger partial charge < -0.3 is 10.2 Å². The van der Waals surface area contributed by atoms with Crippen molar-refractivity contribution >= 4 is 11.7 Å². The number of carbonyl (C=O) groups excluding carboxylic acids is 1. The lowest BCUT2D eigenvalue weighted by atomic mass is 9.92. The van der Waals surface area contributed by atoms with E-state index in [1.54, 1.807) is 0 Å². The molecule has 0 saturated carbocycles. The fourth-order valence-corrected chi connectivity index (χ4v) is 4.71. The maximum Gasteiger partial charge on any atom is 0.239 e. The van der Waals surface area contributed by atoms with E-state index in [4.69, 9.17) is 5.10 Å². The highest BCUT2D eigenvalue weighted by Gasteiger charge is 2.28. The van der Waals surface area contributed by atoms with Crippen molar-refractivity contribution in [3.63, 3.8) is 0 Å². The number of amides is 1. The Morgan fingerprint density at radius 3 is 2.47 bits per heavy atom. The highest BCUT2D eigenvalue weighted by atomic mass is 16.2. The molecule has 2 aliphatic rings. The van der Waals surface area contributed by atoms with E-state index in [0.717, 1.165) is 43.4 Å². The summed E-state index contributed by atoms with van der Waals surface area (Å²) in [5.41, 5.74) is 1.82. The molecule has 1 amide bonds. The number of benzene rings is 1. The normalized spacial score (nSPS) is 21.6. The van der Waals surface area contributed by atoms with Crippen LogP contribution in [0, 0.1) is 0 Å². The molecule has 32 heavy (non-hydrogen) atoms. The van der Waals surface area contributed by atoms with Crippen molar-refractivity contribution in [2.24, 2.45) is 0 Å². The van der Waals surface area contributed by atoms with Crippen molar-refractivity contribution < 1.29 is 4.79 Å². The van der Waals surface area contributed by atoms with Gasteiger partial charge in [-0.2, -0.15) is 5.10 Å². The third-order valence-electron chi connectivity index (χ3n) is 6.64. The third kappa shape index (κ3) is 5.57. The molecule has 2 saturated heterocycles. The van der Waals surface area contributed by atoms with Gasteiger partial charge in [-0.1, -0.05) is 39.0 Å². The number of carbonyl (C=O) groups is 1. The summed E-state index contributed by atoms with van der Waals surface area (Å²) in [6.45, 7) is 13.2. The van der Waals surface area contributed by atoms with Gasteiger partial charge in [0, 0.05) is 50.2 Å². The molecule has 7 heteroatoms. The lowest BCUT2D eigenvalue weighted by molar-refractivity contribution is -0.117. The van der Waals surface area contributed by atoms with Gasteiger partial charge in [0.25, 0.3) is 0 Å². The second-order valence-electron chi connectivity index (χ2n) is 10.3. The topological polar surface area (TPSA) is 56.6 Å². The van der Waals surface area contributed by atoms with Crippen LogP contribution in [0.15, 0.2) is 36.4 Å². The van der Waals surface area contributed by atoms with Gasteiger partial charge in [0.15, 0.2) is 0 Å². The van der Waals surface area contributed by atoms with Crippen molar-refractivity contribution in [1.82, 2.24) is 24.5 Å². The van der Waals surface area contributed by atoms with Crippen LogP contribution in [0.2, 0.25) is 0 Å². The van der Waals surface area contributed by atoms with Gasteiger partial charge in [0.05, 0.1) is 17.9 Å². The Bertz CT molecular complexity index is 895. The van der Waals surface area contributed by atoms with E-state index >= 15 is 0 Å². The smallest absolute Gasteiger partial charge is 0.239 e. The van der Waals surface area contributed by atoms with Crippen LogP contribution in [0.25, 0.3) is 5.69 Å². The minimum Gasteiger partial charge on any atom is -0.309 e. The van der Waals surface area contributed by atoms with Crippen LogP contribution in [0.5, 0.6) is 0 Å². The van der Waals surface area contributed by atoms with Gasteiger partial charge >= 0.3 is 0 Å². The number of hydrogen-bond donors (Lipinski definition) is 1. The van der Waals surface area contributed by atoms with E-state index < -0.39 is 0 Å². The fourth-order valence-electron chi connectivity index (χ4n) is 4.71. The van der Waals surface area contributed by atoms with Crippen molar-refractivity contribution in [3.05, 3.63) is 42.1 Å². The standard InChI is InChI=1S/C25H38N6O/c1-25(2,3)22-17-23(31(27-22)20-9-6-5-7-10-20)26-24(32)19-29-13-15-30(16-14-29)21-11-8-12-28(4)18-21/h5-7,9-10,17,21H,8,11-16,18-19H2,1-4H3,(H,26,32). The Balaban J connectivity index is 1.37. The molecule has 0 spiro atoms. The summed E-state index contributed by atoms with van der Waals surface area (Å²) in [6.07, 6.45) is 2.58. The predicted molar refractivity (Wildman–Crippen MR) is 129 cm³/mol. The molecule has 1 unspecified atom stereocenters. The average molecular weight is 439 g/mol. The van der Waals surface area contributed by atoms with E-state index in [9.17, 15) is 4.79 Å². The SMILES string of the molecule is CN1CCCC(N2CCN(CC(=O)Nc3cc(C(C)(C)C)nn3-c3ccccc3)CC2)C1. The van der Waals surface area contributed by atoms with Crippen LogP contribution in [-0.2, 0) is 10.2 Å². The van der Waals surface area contributed by atoms with Gasteiger partial charge in [-0.25, -0.2) is 4.68 Å². The van der Waals surface area contributed by atoms with Crippen molar-refractivity contribution in [1.29, 1.82) is 0 Å². The van der Waals surface area contributed by atoms with Crippen LogP contribution in [0.3, 0.4) is 0 Å². The number of likely N-dealkylation sites (tertiary alicyclic amines) is 1. The molecular formula is C25H38N6O. The molecule has 1 N–H and O–H groups in total. The van der Waals surface area contributed by atoms with Crippen LogP contribution in [0.4, 0.5) is 5.82 Å². The molecule has 1 aromatic carbocycles. The minimum atomic E-state index is -0.0942. The largest absolute Gasteiger partial charge is 0.309 e. The Kier molecular flexibility index (Phi) is 6.98. The van der Waals surface area contributed by atoms with Crippen LogP contribution in [-0.4, -0.2) is 89.3 Å². The summed E-state index contributed by atoms with van der Waals surface area (Å²) < 4.78 is 1.84. The lowest BCUT2D eigenvalue weighted by Gasteiger charge is -2.42. The number of piperidine rings is 1. The summed E-state index contributed by atoms with van der Waals surface area (Å²) in [6, 6.07) is 12.7. The third-order valence-corrected chi connectivity index (χ3v) is 6.64. The molecule has 3 heterocycles. The zero-order valence-corrected chi connectivity index (χ0v) is 20.0. The Morgan fingerprint density at radius 1 is 1.09 bits per heavy atom. The summed E-state index contributed by atoms with van der Waals surface area (Å²) in [5, 5.41) is 7.93. The minimum absolute atomic E-state index is 0.0217. The van der Waals surface area contributed by atoms with Crippen LogP contribution in [0.1, 0.15) is 39.3 Å². The number of para-hydroxylation sites is 1. The summed E-state index contributed by atoms with van der Waals surface area (Å²) in [7, 11) is 2.22. The number of aromatic nitrogens is 2.